The lowest BCUT2D eigenvalue weighted by atomic mass is 10.3. The summed E-state index contributed by atoms with van der Waals surface area (Å²) in [5.41, 5.74) is 0. The van der Waals surface area contributed by atoms with Gasteiger partial charge in [-0.1, -0.05) is 6.92 Å². The van der Waals surface area contributed by atoms with Gasteiger partial charge < -0.3 is 19.6 Å². The molecule has 0 amide bonds. The van der Waals surface area contributed by atoms with Crippen LogP contribution in [0.2, 0.25) is 0 Å². The Bertz CT molecular complexity index is 312. The first-order valence-corrected chi connectivity index (χ1v) is 6.24. The molecule has 1 aliphatic carbocycles. The third-order valence-corrected chi connectivity index (χ3v) is 3.20. The van der Waals surface area contributed by atoms with Gasteiger partial charge in [0.15, 0.2) is 0 Å². The fraction of sp³-hybridized carbons (Fsp3) is 0.692. The summed E-state index contributed by atoms with van der Waals surface area (Å²) in [6.07, 6.45) is 2.49. The van der Waals surface area contributed by atoms with Crippen molar-refractivity contribution in [3.63, 3.8) is 0 Å². The Balaban J connectivity index is 1.47. The Morgan fingerprint density at radius 2 is 2.47 bits per heavy atom. The predicted octanol–water partition coefficient (Wildman–Crippen LogP) is 1.40. The first kappa shape index (κ1) is 12.6. The maximum atomic E-state index is 9.66. The van der Waals surface area contributed by atoms with Crippen LogP contribution in [0.3, 0.4) is 0 Å². The van der Waals surface area contributed by atoms with Gasteiger partial charge in [0.1, 0.15) is 12.4 Å². The smallest absolute Gasteiger partial charge is 0.129 e. The molecule has 4 nitrogen and oxygen atoms in total. The first-order chi connectivity index (χ1) is 8.25. The van der Waals surface area contributed by atoms with Gasteiger partial charge in [-0.25, -0.2) is 0 Å². The molecule has 0 radical (unpaired) electrons. The van der Waals surface area contributed by atoms with Gasteiger partial charge in [-0.2, -0.15) is 0 Å². The van der Waals surface area contributed by atoms with E-state index in [1.54, 1.807) is 6.26 Å². The number of rotatable bonds is 8. The molecule has 3 atom stereocenters. The van der Waals surface area contributed by atoms with Crippen molar-refractivity contribution in [2.45, 2.75) is 26.1 Å². The predicted molar refractivity (Wildman–Crippen MR) is 64.5 cm³/mol. The minimum absolute atomic E-state index is 0.341. The molecule has 1 aliphatic rings. The molecule has 1 heterocycles. The lowest BCUT2D eigenvalue weighted by Gasteiger charge is -2.11. The van der Waals surface area contributed by atoms with Crippen molar-refractivity contribution in [1.82, 2.24) is 5.32 Å². The normalized spacial score (nSPS) is 24.8. The molecule has 96 valence electrons. The van der Waals surface area contributed by atoms with E-state index in [-0.39, 0.29) is 0 Å². The highest BCUT2D eigenvalue weighted by Crippen LogP contribution is 2.36. The highest BCUT2D eigenvalue weighted by molar-refractivity contribution is 4.96. The molecule has 0 bridgehead atoms. The summed E-state index contributed by atoms with van der Waals surface area (Å²) in [5, 5.41) is 12.9. The molecule has 4 heteroatoms. The summed E-state index contributed by atoms with van der Waals surface area (Å²) in [6.45, 7) is 4.63. The van der Waals surface area contributed by atoms with E-state index >= 15 is 0 Å². The number of hydrogen-bond acceptors (Lipinski definition) is 4. The third-order valence-electron chi connectivity index (χ3n) is 3.20. The zero-order valence-corrected chi connectivity index (χ0v) is 10.3. The van der Waals surface area contributed by atoms with Crippen molar-refractivity contribution < 1.29 is 14.3 Å². The van der Waals surface area contributed by atoms with Crippen molar-refractivity contribution in [3.8, 4) is 0 Å². The Morgan fingerprint density at radius 3 is 3.12 bits per heavy atom. The largest absolute Gasteiger partial charge is 0.467 e. The Labute approximate surface area is 102 Å². The molecular formula is C13H21NO3. The number of aliphatic hydroxyl groups excluding tert-OH is 1. The summed E-state index contributed by atoms with van der Waals surface area (Å²) < 4.78 is 10.5. The third kappa shape index (κ3) is 4.50. The summed E-state index contributed by atoms with van der Waals surface area (Å²) in [5.74, 6) is 2.46. The summed E-state index contributed by atoms with van der Waals surface area (Å²) in [7, 11) is 0. The maximum absolute atomic E-state index is 9.66. The van der Waals surface area contributed by atoms with Gasteiger partial charge in [-0.15, -0.1) is 0 Å². The molecule has 0 aliphatic heterocycles. The molecule has 2 rings (SSSR count). The van der Waals surface area contributed by atoms with Crippen LogP contribution in [0.5, 0.6) is 0 Å². The zero-order valence-electron chi connectivity index (χ0n) is 10.3. The van der Waals surface area contributed by atoms with Crippen LogP contribution in [0.1, 0.15) is 19.1 Å². The van der Waals surface area contributed by atoms with E-state index in [1.165, 1.54) is 6.42 Å². The number of ether oxygens (including phenoxy) is 1. The molecule has 1 aromatic heterocycles. The Morgan fingerprint density at radius 1 is 1.65 bits per heavy atom. The average Bonchev–Trinajstić information content (AvgIpc) is 2.81. The van der Waals surface area contributed by atoms with E-state index in [4.69, 9.17) is 9.15 Å². The van der Waals surface area contributed by atoms with Crippen molar-refractivity contribution in [1.29, 1.82) is 0 Å². The first-order valence-electron chi connectivity index (χ1n) is 6.24. The molecule has 3 unspecified atom stereocenters. The number of aliphatic hydroxyl groups is 1. The molecule has 1 fully saturated rings. The summed E-state index contributed by atoms with van der Waals surface area (Å²) >= 11 is 0. The van der Waals surface area contributed by atoms with Crippen LogP contribution in [0, 0.1) is 11.8 Å². The van der Waals surface area contributed by atoms with E-state index in [0.717, 1.165) is 24.1 Å². The van der Waals surface area contributed by atoms with Crippen LogP contribution >= 0.6 is 0 Å². The second-order valence-corrected chi connectivity index (χ2v) is 4.88. The topological polar surface area (TPSA) is 54.6 Å². The molecule has 17 heavy (non-hydrogen) atoms. The quantitative estimate of drug-likeness (QED) is 0.720. The number of nitrogens with one attached hydrogen (secondary N) is 1. The monoisotopic (exact) mass is 239 g/mol. The van der Waals surface area contributed by atoms with Crippen molar-refractivity contribution in [2.24, 2.45) is 11.8 Å². The second-order valence-electron chi connectivity index (χ2n) is 4.88. The van der Waals surface area contributed by atoms with E-state index in [9.17, 15) is 5.11 Å². The van der Waals surface area contributed by atoms with Gasteiger partial charge >= 0.3 is 0 Å². The van der Waals surface area contributed by atoms with Gasteiger partial charge in [0.2, 0.25) is 0 Å². The van der Waals surface area contributed by atoms with Crippen LogP contribution in [0.4, 0.5) is 0 Å². The van der Waals surface area contributed by atoms with E-state index in [1.807, 2.05) is 12.1 Å². The fourth-order valence-corrected chi connectivity index (χ4v) is 1.87. The maximum Gasteiger partial charge on any atom is 0.129 e. The highest BCUT2D eigenvalue weighted by atomic mass is 16.5. The van der Waals surface area contributed by atoms with Crippen LogP contribution in [0.15, 0.2) is 22.8 Å². The van der Waals surface area contributed by atoms with Gasteiger partial charge in [0.05, 0.1) is 19.0 Å². The van der Waals surface area contributed by atoms with Crippen LogP contribution in [-0.4, -0.2) is 30.9 Å². The Kier molecular flexibility index (Phi) is 4.59. The highest BCUT2D eigenvalue weighted by Gasteiger charge is 2.31. The minimum Gasteiger partial charge on any atom is -0.467 e. The molecule has 1 saturated carbocycles. The van der Waals surface area contributed by atoms with Gasteiger partial charge in [-0.05, 0) is 36.9 Å². The van der Waals surface area contributed by atoms with Gasteiger partial charge in [0, 0.05) is 6.54 Å². The average molecular weight is 239 g/mol. The van der Waals surface area contributed by atoms with Crippen LogP contribution in [-0.2, 0) is 11.3 Å². The van der Waals surface area contributed by atoms with Crippen LogP contribution in [0.25, 0.3) is 0 Å². The molecule has 2 N–H and O–H groups in total. The lowest BCUT2D eigenvalue weighted by molar-refractivity contribution is 0.0226. The van der Waals surface area contributed by atoms with E-state index in [0.29, 0.717) is 19.8 Å². The summed E-state index contributed by atoms with van der Waals surface area (Å²) in [6, 6.07) is 3.69. The number of hydrogen-bond donors (Lipinski definition) is 2. The number of furan rings is 1. The standard InChI is InChI=1S/C13H21NO3/c1-10-5-11(10)6-14-7-12(15)8-16-9-13-3-2-4-17-13/h2-4,10-12,14-15H,5-9H2,1H3. The molecular weight excluding hydrogens is 218 g/mol. The van der Waals surface area contributed by atoms with Crippen molar-refractivity contribution >= 4 is 0 Å². The molecule has 0 spiro atoms. The zero-order chi connectivity index (χ0) is 12.1. The van der Waals surface area contributed by atoms with Crippen molar-refractivity contribution in [3.05, 3.63) is 24.2 Å². The van der Waals surface area contributed by atoms with E-state index < -0.39 is 6.10 Å². The van der Waals surface area contributed by atoms with E-state index in [2.05, 4.69) is 12.2 Å². The second kappa shape index (κ2) is 6.19. The van der Waals surface area contributed by atoms with Crippen molar-refractivity contribution in [2.75, 3.05) is 19.7 Å². The Hall–Kier alpha value is -0.840. The van der Waals surface area contributed by atoms with Gasteiger partial charge in [0.25, 0.3) is 0 Å². The SMILES string of the molecule is CC1CC1CNCC(O)COCc1ccco1. The minimum atomic E-state index is -0.445. The molecule has 1 aromatic rings. The lowest BCUT2D eigenvalue weighted by Crippen LogP contribution is -2.31. The fourth-order valence-electron chi connectivity index (χ4n) is 1.87. The summed E-state index contributed by atoms with van der Waals surface area (Å²) in [4.78, 5) is 0. The molecule has 0 aromatic carbocycles. The van der Waals surface area contributed by atoms with Crippen LogP contribution < -0.4 is 5.32 Å². The molecule has 0 saturated heterocycles. The van der Waals surface area contributed by atoms with Gasteiger partial charge in [-0.3, -0.25) is 0 Å².